The zero-order valence-corrected chi connectivity index (χ0v) is 43.9. The van der Waals surface area contributed by atoms with Crippen molar-refractivity contribution in [3.05, 3.63) is 33.0 Å². The van der Waals surface area contributed by atoms with Crippen LogP contribution in [-0.4, -0.2) is 81.8 Å². The molecule has 0 spiro atoms. The fraction of sp³-hybridized carbons (Fsp3) is 0.815. The molecule has 0 radical (unpaired) electrons. The molecule has 8 nitrogen and oxygen atoms in total. The first-order valence-electron chi connectivity index (χ1n) is 26.0. The number of hydrogen-bond donors (Lipinski definition) is 0. The number of carbonyl (C=O) groups excluding carboxylic acids is 4. The van der Waals surface area contributed by atoms with Crippen molar-refractivity contribution in [2.45, 2.75) is 241 Å². The minimum absolute atomic E-state index is 0.0635. The Hall–Kier alpha value is -2.36. The fourth-order valence-corrected chi connectivity index (χ4v) is 8.31. The van der Waals surface area contributed by atoms with E-state index in [2.05, 4.69) is 42.8 Å². The van der Waals surface area contributed by atoms with Crippen LogP contribution < -0.4 is 0 Å². The van der Waals surface area contributed by atoms with Crippen molar-refractivity contribution in [2.75, 3.05) is 47.4 Å². The van der Waals surface area contributed by atoms with Gasteiger partial charge in [-0.1, -0.05) is 156 Å². The molecule has 0 atom stereocenters. The van der Waals surface area contributed by atoms with Crippen LogP contribution in [0.2, 0.25) is 0 Å². The molecule has 0 amide bonds. The molecule has 1 aliphatic heterocycles. The van der Waals surface area contributed by atoms with Gasteiger partial charge in [-0.15, -0.1) is 11.3 Å². The zero-order chi connectivity index (χ0) is 47.6. The lowest BCUT2D eigenvalue weighted by Crippen LogP contribution is -2.26. The maximum absolute atomic E-state index is 12.3. The number of ether oxygens (including phenoxy) is 2. The number of rotatable bonds is 35. The molecular formula is C54H102N2O6S. The van der Waals surface area contributed by atoms with Crippen LogP contribution in [0.1, 0.15) is 247 Å². The second kappa shape index (κ2) is 52.3. The van der Waals surface area contributed by atoms with Crippen molar-refractivity contribution in [3.8, 4) is 0 Å². The highest BCUT2D eigenvalue weighted by atomic mass is 32.1. The molecule has 1 aromatic heterocycles. The van der Waals surface area contributed by atoms with Crippen molar-refractivity contribution in [1.29, 1.82) is 0 Å². The van der Waals surface area contributed by atoms with Crippen LogP contribution in [0, 0.1) is 6.92 Å². The third kappa shape index (κ3) is 43.3. The normalized spacial score (nSPS) is 11.8. The summed E-state index contributed by atoms with van der Waals surface area (Å²) in [5.41, 5.74) is 2.06. The molecule has 0 N–H and O–H groups in total. The van der Waals surface area contributed by atoms with E-state index in [1.54, 1.807) is 11.3 Å². The van der Waals surface area contributed by atoms with E-state index in [1.165, 1.54) is 126 Å². The monoisotopic (exact) mass is 907 g/mol. The first-order valence-corrected chi connectivity index (χ1v) is 26.8. The van der Waals surface area contributed by atoms with Gasteiger partial charge in [0.05, 0.1) is 18.8 Å². The molecule has 370 valence electrons. The molecule has 0 bridgehead atoms. The minimum atomic E-state index is -0.136. The van der Waals surface area contributed by atoms with Gasteiger partial charge in [0, 0.05) is 48.7 Å². The Morgan fingerprint density at radius 2 is 1.06 bits per heavy atom. The Kier molecular flexibility index (Phi) is 53.9. The number of esters is 2. The summed E-state index contributed by atoms with van der Waals surface area (Å²) in [5, 5.41) is 0. The molecule has 9 heteroatoms. The number of unbranched alkanes of at least 4 members (excludes halogenated alkanes) is 22. The van der Waals surface area contributed by atoms with E-state index in [-0.39, 0.29) is 11.9 Å². The molecule has 0 unspecified atom stereocenters. The summed E-state index contributed by atoms with van der Waals surface area (Å²) in [6.45, 7) is 18.5. The maximum atomic E-state index is 12.3. The number of carbonyl (C=O) groups is 4. The predicted octanol–water partition coefficient (Wildman–Crippen LogP) is 15.2. The number of hydrogen-bond acceptors (Lipinski definition) is 9. The van der Waals surface area contributed by atoms with Gasteiger partial charge < -0.3 is 28.9 Å². The number of likely N-dealkylation sites (N-methyl/N-ethyl adjacent to an activating group) is 1. The molecule has 0 fully saturated rings. The van der Waals surface area contributed by atoms with Gasteiger partial charge in [-0.3, -0.25) is 4.79 Å². The van der Waals surface area contributed by atoms with Crippen LogP contribution in [0.5, 0.6) is 0 Å². The molecule has 0 aliphatic carbocycles. The Morgan fingerprint density at radius 1 is 0.619 bits per heavy atom. The highest BCUT2D eigenvalue weighted by Gasteiger charge is 2.26. The van der Waals surface area contributed by atoms with E-state index >= 15 is 0 Å². The summed E-state index contributed by atoms with van der Waals surface area (Å²) >= 11 is 1.74. The van der Waals surface area contributed by atoms with Crippen molar-refractivity contribution >= 4 is 35.8 Å². The molecule has 2 rings (SSSR count). The van der Waals surface area contributed by atoms with Crippen LogP contribution >= 0.6 is 11.3 Å². The van der Waals surface area contributed by atoms with Gasteiger partial charge in [0.15, 0.2) is 0 Å². The predicted molar refractivity (Wildman–Crippen MR) is 273 cm³/mol. The highest BCUT2D eigenvalue weighted by molar-refractivity contribution is 7.12. The van der Waals surface area contributed by atoms with E-state index in [9.17, 15) is 19.2 Å². The molecule has 0 saturated heterocycles. The Balaban J connectivity index is -0.000000823. The van der Waals surface area contributed by atoms with E-state index in [0.717, 1.165) is 100 Å². The maximum Gasteiger partial charge on any atom is 0.339 e. The third-order valence-electron chi connectivity index (χ3n) is 10.7. The molecule has 0 aromatic carbocycles. The molecule has 0 saturated carbocycles. The minimum Gasteiger partial charge on any atom is -0.466 e. The first kappa shape index (κ1) is 64.9. The first-order chi connectivity index (χ1) is 30.7. The van der Waals surface area contributed by atoms with E-state index in [1.807, 2.05) is 48.7 Å². The zero-order valence-electron chi connectivity index (χ0n) is 43.1. The van der Waals surface area contributed by atoms with Crippen molar-refractivity contribution < 1.29 is 28.7 Å². The van der Waals surface area contributed by atoms with Crippen LogP contribution in [0.15, 0.2) is 12.2 Å². The van der Waals surface area contributed by atoms with Crippen molar-refractivity contribution in [1.82, 2.24) is 9.80 Å². The number of allylic oxidation sites excluding steroid dienone is 2. The van der Waals surface area contributed by atoms with Gasteiger partial charge >= 0.3 is 11.9 Å². The van der Waals surface area contributed by atoms with Gasteiger partial charge in [-0.2, -0.15) is 0 Å². The molecule has 63 heavy (non-hydrogen) atoms. The largest absolute Gasteiger partial charge is 0.466 e. The Bertz CT molecular complexity index is 1180. The van der Waals surface area contributed by atoms with E-state index < -0.39 is 0 Å². The topological polar surface area (TPSA) is 93.2 Å². The smallest absolute Gasteiger partial charge is 0.339 e. The van der Waals surface area contributed by atoms with Crippen molar-refractivity contribution in [2.24, 2.45) is 0 Å². The fourth-order valence-electron chi connectivity index (χ4n) is 7.02. The highest BCUT2D eigenvalue weighted by Crippen LogP contribution is 2.32. The molecule has 1 aliphatic rings. The van der Waals surface area contributed by atoms with Crippen LogP contribution in [-0.2, 0) is 36.8 Å². The van der Waals surface area contributed by atoms with Crippen molar-refractivity contribution in [3.63, 3.8) is 0 Å². The quantitative estimate of drug-likeness (QED) is 0.0288. The lowest BCUT2D eigenvalue weighted by molar-refractivity contribution is -0.144. The van der Waals surface area contributed by atoms with Crippen LogP contribution in [0.4, 0.5) is 0 Å². The Labute approximate surface area is 394 Å². The van der Waals surface area contributed by atoms with Gasteiger partial charge in [-0.05, 0) is 97.8 Å². The lowest BCUT2D eigenvalue weighted by atomic mass is 10.0. The molecular weight excluding hydrogens is 805 g/mol. The summed E-state index contributed by atoms with van der Waals surface area (Å²) in [6, 6.07) is 0. The average molecular weight is 907 g/mol. The lowest BCUT2D eigenvalue weighted by Gasteiger charge is -2.22. The van der Waals surface area contributed by atoms with E-state index in [0.29, 0.717) is 26.1 Å². The molecule has 1 aromatic rings. The van der Waals surface area contributed by atoms with Gasteiger partial charge in [-0.25, -0.2) is 4.79 Å². The van der Waals surface area contributed by atoms with Crippen LogP contribution in [0.25, 0.3) is 0 Å². The number of aldehydes is 2. The second-order valence-corrected chi connectivity index (χ2v) is 18.0. The summed E-state index contributed by atoms with van der Waals surface area (Å²) in [6.07, 6.45) is 40.1. The second-order valence-electron chi connectivity index (χ2n) is 16.7. The summed E-state index contributed by atoms with van der Waals surface area (Å²) < 4.78 is 10.6. The number of thiophene rings is 1. The SMILES string of the molecule is CC.CC.CCCCCCCC/C=C\CCCCCCCC=O.CCCCCCCCCOC(=O)CCCCCCC=O.Cc1sc2c(c1C(=O)OCCCN(C)C)CCN(C)C2. The Morgan fingerprint density at radius 3 is 1.56 bits per heavy atom. The number of aryl methyl sites for hydroxylation is 1. The van der Waals surface area contributed by atoms with Gasteiger partial charge in [0.2, 0.25) is 0 Å². The van der Waals surface area contributed by atoms with E-state index in [4.69, 9.17) is 9.47 Å². The van der Waals surface area contributed by atoms with Crippen LogP contribution in [0.3, 0.4) is 0 Å². The number of fused-ring (bicyclic) bond motifs is 1. The summed E-state index contributed by atoms with van der Waals surface area (Å²) in [5.74, 6) is -0.199. The summed E-state index contributed by atoms with van der Waals surface area (Å²) in [4.78, 5) is 50.8. The molecule has 2 heterocycles. The third-order valence-corrected chi connectivity index (χ3v) is 11.8. The van der Waals surface area contributed by atoms with Gasteiger partial charge in [0.1, 0.15) is 12.6 Å². The number of nitrogens with zero attached hydrogens (tertiary/aromatic N) is 2. The summed E-state index contributed by atoms with van der Waals surface area (Å²) in [7, 11) is 6.17. The average Bonchev–Trinajstić information content (AvgIpc) is 3.62. The van der Waals surface area contributed by atoms with Gasteiger partial charge in [0.25, 0.3) is 0 Å². The standard InChI is InChI=1S/C18H34O.C17H32O3.C15H24N2O2S.2C2H6/c1-2-3-4-5-6-7-8-9-10-11-12-13-14-15-16-17-18-19;1-2-3-4-5-6-10-13-16-20-17(19)14-11-8-7-9-12-15-18;1-11-14(15(18)19-9-5-7-16(2)3)12-6-8-17(4)10-13(12)20-11;2*1-2/h9-10,18H,2-8,11-17H2,1H3;15H,2-14,16H2,1H3;5-10H2,1-4H3;2*1-2H3/b10-9-;;;;.